The fourth-order valence-electron chi connectivity index (χ4n) is 3.30. The molecule has 0 aliphatic carbocycles. The third kappa shape index (κ3) is 3.28. The second-order valence-corrected chi connectivity index (χ2v) is 7.32. The Bertz CT molecular complexity index is 830. The first kappa shape index (κ1) is 17.2. The van der Waals surface area contributed by atoms with Crippen molar-refractivity contribution in [2.45, 2.75) is 24.1 Å². The largest absolute Gasteiger partial charge is 0.297 e. The van der Waals surface area contributed by atoms with Gasteiger partial charge >= 0.3 is 0 Å². The number of nitrogens with one attached hydrogen (secondary N) is 1. The summed E-state index contributed by atoms with van der Waals surface area (Å²) in [6.07, 6.45) is 0. The zero-order valence-corrected chi connectivity index (χ0v) is 14.4. The van der Waals surface area contributed by atoms with Crippen LogP contribution in [-0.2, 0) is 0 Å². The molecule has 0 saturated carbocycles. The lowest BCUT2D eigenvalue weighted by Crippen LogP contribution is -2.42. The van der Waals surface area contributed by atoms with Crippen LogP contribution in [0.25, 0.3) is 0 Å². The van der Waals surface area contributed by atoms with Crippen molar-refractivity contribution in [3.05, 3.63) is 81.4 Å². The van der Waals surface area contributed by atoms with Crippen LogP contribution in [0.5, 0.6) is 0 Å². The van der Waals surface area contributed by atoms with Crippen LogP contribution >= 0.6 is 11.8 Å². The van der Waals surface area contributed by atoms with E-state index in [4.69, 9.17) is 5.41 Å². The topological polar surface area (TPSA) is 90.8 Å². The van der Waals surface area contributed by atoms with Crippen LogP contribution in [-0.4, -0.2) is 16.0 Å². The van der Waals surface area contributed by atoms with E-state index in [-0.39, 0.29) is 9.97 Å². The zero-order chi connectivity index (χ0) is 18.0. The van der Waals surface area contributed by atoms with Crippen molar-refractivity contribution < 1.29 is 4.92 Å². The molecule has 6 heteroatoms. The van der Waals surface area contributed by atoms with E-state index in [1.807, 2.05) is 61.5 Å². The molecular weight excluding hydrogens is 334 g/mol. The van der Waals surface area contributed by atoms with E-state index in [0.717, 1.165) is 28.5 Å². The minimum atomic E-state index is -0.964. The molecule has 0 aromatic heterocycles. The fourth-order valence-corrected chi connectivity index (χ4v) is 4.62. The Labute approximate surface area is 150 Å². The summed E-state index contributed by atoms with van der Waals surface area (Å²) >= 11 is 1.13. The van der Waals surface area contributed by atoms with Crippen LogP contribution in [0.3, 0.4) is 0 Å². The summed E-state index contributed by atoms with van der Waals surface area (Å²) in [7, 11) is 0. The smallest absolute Gasteiger partial charge is 0.237 e. The molecule has 0 amide bonds. The Hall–Kier alpha value is -2.65. The molecule has 0 radical (unpaired) electrons. The molecule has 1 aliphatic rings. The summed E-state index contributed by atoms with van der Waals surface area (Å²) in [5, 5.41) is 29.6. The summed E-state index contributed by atoms with van der Waals surface area (Å²) in [5.74, 6) is -1.44. The first-order valence-corrected chi connectivity index (χ1v) is 8.80. The van der Waals surface area contributed by atoms with Gasteiger partial charge in [-0.2, -0.15) is 5.26 Å². The summed E-state index contributed by atoms with van der Waals surface area (Å²) in [4.78, 5) is 11.7. The lowest BCUT2D eigenvalue weighted by Gasteiger charge is -2.35. The van der Waals surface area contributed by atoms with E-state index in [0.29, 0.717) is 0 Å². The third-order valence-electron chi connectivity index (χ3n) is 4.55. The van der Waals surface area contributed by atoms with E-state index in [1.54, 1.807) is 0 Å². The van der Waals surface area contributed by atoms with Gasteiger partial charge in [-0.15, -0.1) is 0 Å². The lowest BCUT2D eigenvalue weighted by molar-refractivity contribution is -0.528. The monoisotopic (exact) mass is 351 g/mol. The highest BCUT2D eigenvalue weighted by atomic mass is 32.2. The second kappa shape index (κ2) is 7.08. The number of nitriles is 1. The van der Waals surface area contributed by atoms with Crippen LogP contribution in [0, 0.1) is 39.7 Å². The molecule has 1 heterocycles. The minimum absolute atomic E-state index is 0.194. The number of thioether (sulfide) groups is 1. The summed E-state index contributed by atoms with van der Waals surface area (Å²) in [6.45, 7) is 1.95. The van der Waals surface area contributed by atoms with Crippen molar-refractivity contribution >= 4 is 16.8 Å². The van der Waals surface area contributed by atoms with Gasteiger partial charge in [0.2, 0.25) is 6.04 Å². The molecule has 1 aliphatic heterocycles. The highest BCUT2D eigenvalue weighted by molar-refractivity contribution is 8.14. The molecule has 2 aromatic carbocycles. The minimum Gasteiger partial charge on any atom is -0.297 e. The van der Waals surface area contributed by atoms with Crippen LogP contribution in [0.2, 0.25) is 0 Å². The standard InChI is InChI=1S/C19H17N3O2S/c1-12-7-9-13(10-8-12)16-15(11-20)19(21)25-18(17(16)22(23)24)14-5-3-2-4-6-14/h2-10,15-18,21H,1H3/t15?,16-,17-,18+/m1/s1. The normalized spacial score (nSPS) is 26.0. The van der Waals surface area contributed by atoms with Gasteiger partial charge in [-0.1, -0.05) is 71.9 Å². The van der Waals surface area contributed by atoms with Gasteiger partial charge in [-0.3, -0.25) is 15.5 Å². The predicted octanol–water partition coefficient (Wildman–Crippen LogP) is 4.33. The molecule has 0 spiro atoms. The second-order valence-electron chi connectivity index (χ2n) is 6.13. The van der Waals surface area contributed by atoms with Crippen molar-refractivity contribution in [2.75, 3.05) is 0 Å². The molecule has 1 saturated heterocycles. The third-order valence-corrected chi connectivity index (χ3v) is 5.86. The Balaban J connectivity index is 2.12. The summed E-state index contributed by atoms with van der Waals surface area (Å²) < 4.78 is 0. The molecule has 126 valence electrons. The molecule has 1 unspecified atom stereocenters. The van der Waals surface area contributed by atoms with Crippen molar-refractivity contribution in [3.63, 3.8) is 0 Å². The summed E-state index contributed by atoms with van der Waals surface area (Å²) in [5.41, 5.74) is 2.60. The van der Waals surface area contributed by atoms with Gasteiger partial charge < -0.3 is 0 Å². The van der Waals surface area contributed by atoms with Crippen LogP contribution in [0.15, 0.2) is 54.6 Å². The number of benzene rings is 2. The number of rotatable bonds is 3. The maximum Gasteiger partial charge on any atom is 0.237 e. The van der Waals surface area contributed by atoms with Gasteiger partial charge in [0.1, 0.15) is 11.2 Å². The van der Waals surface area contributed by atoms with Crippen molar-refractivity contribution in [1.82, 2.24) is 0 Å². The van der Waals surface area contributed by atoms with E-state index in [1.165, 1.54) is 0 Å². The molecule has 1 fully saturated rings. The Kier molecular flexibility index (Phi) is 4.86. The fraction of sp³-hybridized carbons (Fsp3) is 0.263. The number of nitro groups is 1. The van der Waals surface area contributed by atoms with Crippen molar-refractivity contribution in [3.8, 4) is 6.07 Å². The van der Waals surface area contributed by atoms with Crippen LogP contribution in [0.1, 0.15) is 27.9 Å². The Morgan fingerprint density at radius 3 is 2.32 bits per heavy atom. The van der Waals surface area contributed by atoms with E-state index >= 15 is 0 Å². The van der Waals surface area contributed by atoms with E-state index < -0.39 is 23.1 Å². The Morgan fingerprint density at radius 2 is 1.76 bits per heavy atom. The van der Waals surface area contributed by atoms with Crippen molar-refractivity contribution in [2.24, 2.45) is 5.92 Å². The van der Waals surface area contributed by atoms with Gasteiger partial charge in [-0.05, 0) is 18.1 Å². The lowest BCUT2D eigenvalue weighted by atomic mass is 9.78. The van der Waals surface area contributed by atoms with E-state index in [2.05, 4.69) is 6.07 Å². The SMILES string of the molecule is Cc1ccc([C@@H]2C(C#N)C(=N)S[C@@H](c3ccccc3)[C@@H]2[N+](=O)[O-])cc1. The van der Waals surface area contributed by atoms with Gasteiger partial charge in [0, 0.05) is 4.92 Å². The predicted molar refractivity (Wildman–Crippen MR) is 98.3 cm³/mol. The first-order chi connectivity index (χ1) is 12.0. The maximum absolute atomic E-state index is 12.0. The molecule has 5 nitrogen and oxygen atoms in total. The van der Waals surface area contributed by atoms with E-state index in [9.17, 15) is 15.4 Å². The quantitative estimate of drug-likeness (QED) is 0.658. The van der Waals surface area contributed by atoms with Gasteiger partial charge in [0.25, 0.3) is 0 Å². The van der Waals surface area contributed by atoms with Gasteiger partial charge in [-0.25, -0.2) is 0 Å². The van der Waals surface area contributed by atoms with Gasteiger partial charge in [0.05, 0.1) is 17.0 Å². The number of hydrogen-bond acceptors (Lipinski definition) is 5. The van der Waals surface area contributed by atoms with Crippen LogP contribution in [0.4, 0.5) is 0 Å². The number of hydrogen-bond donors (Lipinski definition) is 1. The maximum atomic E-state index is 12.0. The average molecular weight is 351 g/mol. The molecule has 4 atom stereocenters. The molecule has 2 aromatic rings. The van der Waals surface area contributed by atoms with Crippen LogP contribution < -0.4 is 0 Å². The Morgan fingerprint density at radius 1 is 1.12 bits per heavy atom. The zero-order valence-electron chi connectivity index (χ0n) is 13.6. The van der Waals surface area contributed by atoms with Gasteiger partial charge in [0.15, 0.2) is 0 Å². The molecule has 1 N–H and O–H groups in total. The number of aryl methyl sites for hydroxylation is 1. The highest BCUT2D eigenvalue weighted by Gasteiger charge is 2.51. The number of nitrogens with zero attached hydrogens (tertiary/aromatic N) is 2. The first-order valence-electron chi connectivity index (χ1n) is 7.92. The summed E-state index contributed by atoms with van der Waals surface area (Å²) in [6, 6.07) is 17.9. The molecule has 0 bridgehead atoms. The highest BCUT2D eigenvalue weighted by Crippen LogP contribution is 2.49. The van der Waals surface area contributed by atoms with Crippen molar-refractivity contribution in [1.29, 1.82) is 10.7 Å². The molecule has 25 heavy (non-hydrogen) atoms. The average Bonchev–Trinajstić information content (AvgIpc) is 2.62. The molecular formula is C19H17N3O2S. The molecule has 3 rings (SSSR count).